The molecule has 2 rings (SSSR count). The average molecular weight is 347 g/mol. The van der Waals surface area contributed by atoms with Crippen molar-refractivity contribution in [1.82, 2.24) is 5.32 Å². The van der Waals surface area contributed by atoms with Crippen molar-refractivity contribution in [3.8, 4) is 0 Å². The zero-order valence-electron chi connectivity index (χ0n) is 15.8. The second kappa shape index (κ2) is 7.46. The van der Waals surface area contributed by atoms with Crippen LogP contribution in [0.15, 0.2) is 24.3 Å². The smallest absolute Gasteiger partial charge is 0.407 e. The van der Waals surface area contributed by atoms with Crippen molar-refractivity contribution < 1.29 is 19.1 Å². The molecule has 0 heterocycles. The number of esters is 1. The summed E-state index contributed by atoms with van der Waals surface area (Å²) >= 11 is 0. The molecule has 0 bridgehead atoms. The Bertz CT molecular complexity index is 608. The molecule has 0 spiro atoms. The van der Waals surface area contributed by atoms with Crippen molar-refractivity contribution in [2.75, 3.05) is 7.11 Å². The number of amides is 1. The van der Waals surface area contributed by atoms with Crippen molar-refractivity contribution >= 4 is 12.1 Å². The Balaban J connectivity index is 2.08. The number of carbonyl (C=O) groups is 2. The molecule has 0 radical (unpaired) electrons. The van der Waals surface area contributed by atoms with Crippen molar-refractivity contribution in [3.05, 3.63) is 35.4 Å². The predicted octanol–water partition coefficient (Wildman–Crippen LogP) is 3.87. The Kier molecular flexibility index (Phi) is 5.76. The van der Waals surface area contributed by atoms with Gasteiger partial charge in [-0.1, -0.05) is 29.8 Å². The number of benzene rings is 1. The van der Waals surface area contributed by atoms with Gasteiger partial charge in [0.15, 0.2) is 0 Å². The van der Waals surface area contributed by atoms with Crippen molar-refractivity contribution in [2.45, 2.75) is 70.4 Å². The molecular weight excluding hydrogens is 318 g/mol. The largest absolute Gasteiger partial charge is 0.468 e. The van der Waals surface area contributed by atoms with Crippen LogP contribution in [0.4, 0.5) is 4.79 Å². The minimum atomic E-state index is -0.630. The van der Waals surface area contributed by atoms with E-state index in [1.54, 1.807) is 0 Å². The second-order valence-corrected chi connectivity index (χ2v) is 7.86. The molecule has 0 unspecified atom stereocenters. The fourth-order valence-corrected chi connectivity index (χ4v) is 3.41. The fraction of sp³-hybridized carbons (Fsp3) is 0.600. The molecule has 5 nitrogen and oxygen atoms in total. The minimum Gasteiger partial charge on any atom is -0.468 e. The zero-order valence-corrected chi connectivity index (χ0v) is 15.8. The van der Waals surface area contributed by atoms with Crippen LogP contribution >= 0.6 is 0 Å². The van der Waals surface area contributed by atoms with Gasteiger partial charge in [-0.15, -0.1) is 0 Å². The number of alkyl carbamates (subject to hydrolysis) is 1. The maximum Gasteiger partial charge on any atom is 0.407 e. The molecule has 1 amide bonds. The van der Waals surface area contributed by atoms with Crippen LogP contribution < -0.4 is 5.32 Å². The van der Waals surface area contributed by atoms with Crippen molar-refractivity contribution in [2.24, 2.45) is 0 Å². The highest BCUT2D eigenvalue weighted by Gasteiger charge is 2.44. The number of ether oxygens (including phenoxy) is 2. The first-order valence-electron chi connectivity index (χ1n) is 8.81. The third-order valence-electron chi connectivity index (χ3n) is 4.74. The van der Waals surface area contributed by atoms with E-state index in [1.807, 2.05) is 52.0 Å². The molecule has 1 aromatic carbocycles. The number of methoxy groups -OCH3 is 1. The number of hydrogen-bond acceptors (Lipinski definition) is 4. The SMILES string of the molecule is COC(=O)[C@]1(c2ccc(C)cc2)CC[C@H](NC(=O)OC(C)(C)C)CC1. The van der Waals surface area contributed by atoms with Gasteiger partial charge in [-0.25, -0.2) is 4.79 Å². The van der Waals surface area contributed by atoms with Gasteiger partial charge in [0.1, 0.15) is 5.60 Å². The standard InChI is InChI=1S/C20H29NO4/c1-14-6-8-15(9-7-14)20(17(22)24-5)12-10-16(11-13-20)21-18(23)25-19(2,3)4/h6-9,16H,10-13H2,1-5H3,(H,21,23)/t16-,20+. The highest BCUT2D eigenvalue weighted by Crippen LogP contribution is 2.40. The Morgan fingerprint density at radius 3 is 2.16 bits per heavy atom. The molecule has 1 aliphatic rings. The third-order valence-corrected chi connectivity index (χ3v) is 4.74. The van der Waals surface area contributed by atoms with E-state index < -0.39 is 17.1 Å². The first kappa shape index (κ1) is 19.3. The lowest BCUT2D eigenvalue weighted by Crippen LogP contribution is -2.47. The van der Waals surface area contributed by atoms with E-state index in [0.717, 1.165) is 11.1 Å². The van der Waals surface area contributed by atoms with Crippen LogP contribution in [0, 0.1) is 6.92 Å². The van der Waals surface area contributed by atoms with Gasteiger partial charge in [-0.2, -0.15) is 0 Å². The van der Waals surface area contributed by atoms with Gasteiger partial charge in [0.25, 0.3) is 0 Å². The van der Waals surface area contributed by atoms with Crippen LogP contribution in [-0.4, -0.2) is 30.8 Å². The Morgan fingerprint density at radius 2 is 1.68 bits per heavy atom. The van der Waals surface area contributed by atoms with Crippen LogP contribution in [0.25, 0.3) is 0 Å². The van der Waals surface area contributed by atoms with Crippen LogP contribution in [0.3, 0.4) is 0 Å². The van der Waals surface area contributed by atoms with E-state index in [2.05, 4.69) is 5.32 Å². The summed E-state index contributed by atoms with van der Waals surface area (Å²) in [4.78, 5) is 24.5. The van der Waals surface area contributed by atoms with Gasteiger partial charge >= 0.3 is 12.1 Å². The number of rotatable bonds is 3. The number of hydrogen-bond donors (Lipinski definition) is 1. The van der Waals surface area contributed by atoms with Crippen molar-refractivity contribution in [3.63, 3.8) is 0 Å². The first-order valence-corrected chi connectivity index (χ1v) is 8.81. The molecule has 0 aliphatic heterocycles. The van der Waals surface area contributed by atoms with E-state index in [4.69, 9.17) is 9.47 Å². The van der Waals surface area contributed by atoms with Crippen LogP contribution in [0.5, 0.6) is 0 Å². The molecule has 1 N–H and O–H groups in total. The normalized spacial score (nSPS) is 23.6. The zero-order chi connectivity index (χ0) is 18.7. The molecule has 1 fully saturated rings. The lowest BCUT2D eigenvalue weighted by Gasteiger charge is -2.38. The van der Waals surface area contributed by atoms with Crippen LogP contribution in [-0.2, 0) is 19.7 Å². The summed E-state index contributed by atoms with van der Waals surface area (Å²) in [6.45, 7) is 7.55. The quantitative estimate of drug-likeness (QED) is 0.843. The lowest BCUT2D eigenvalue weighted by atomic mass is 9.68. The molecule has 0 atom stereocenters. The maximum absolute atomic E-state index is 12.6. The molecule has 1 aliphatic carbocycles. The van der Waals surface area contributed by atoms with E-state index in [1.165, 1.54) is 7.11 Å². The summed E-state index contributed by atoms with van der Waals surface area (Å²) in [6.07, 6.45) is 2.30. The molecule has 1 aromatic rings. The number of carbonyl (C=O) groups excluding carboxylic acids is 2. The summed E-state index contributed by atoms with van der Waals surface area (Å²) in [6, 6.07) is 8.07. The lowest BCUT2D eigenvalue weighted by molar-refractivity contribution is -0.149. The molecular formula is C20H29NO4. The van der Waals surface area contributed by atoms with E-state index >= 15 is 0 Å². The van der Waals surface area contributed by atoms with Gasteiger partial charge in [-0.3, -0.25) is 4.79 Å². The van der Waals surface area contributed by atoms with Crippen LogP contribution in [0.2, 0.25) is 0 Å². The summed E-state index contributed by atoms with van der Waals surface area (Å²) in [5, 5.41) is 2.92. The highest BCUT2D eigenvalue weighted by atomic mass is 16.6. The predicted molar refractivity (Wildman–Crippen MR) is 96.5 cm³/mol. The topological polar surface area (TPSA) is 64.6 Å². The summed E-state index contributed by atoms with van der Waals surface area (Å²) in [5.41, 5.74) is 0.995. The first-order chi connectivity index (χ1) is 11.7. The molecule has 25 heavy (non-hydrogen) atoms. The average Bonchev–Trinajstić information content (AvgIpc) is 2.54. The Hall–Kier alpha value is -2.04. The number of nitrogens with one attached hydrogen (secondary N) is 1. The van der Waals surface area contributed by atoms with Crippen LogP contribution in [0.1, 0.15) is 57.6 Å². The van der Waals surface area contributed by atoms with E-state index in [-0.39, 0.29) is 12.0 Å². The fourth-order valence-electron chi connectivity index (χ4n) is 3.41. The molecule has 0 saturated heterocycles. The van der Waals surface area contributed by atoms with Gasteiger partial charge in [0.05, 0.1) is 12.5 Å². The maximum atomic E-state index is 12.6. The molecule has 1 saturated carbocycles. The van der Waals surface area contributed by atoms with E-state index in [0.29, 0.717) is 25.7 Å². The van der Waals surface area contributed by atoms with Gasteiger partial charge in [0.2, 0.25) is 0 Å². The molecule has 5 heteroatoms. The van der Waals surface area contributed by atoms with Gasteiger partial charge < -0.3 is 14.8 Å². The minimum absolute atomic E-state index is 0.0121. The van der Waals surface area contributed by atoms with Crippen molar-refractivity contribution in [1.29, 1.82) is 0 Å². The summed E-state index contributed by atoms with van der Waals surface area (Å²) < 4.78 is 10.4. The summed E-state index contributed by atoms with van der Waals surface area (Å²) in [5.74, 6) is -0.202. The second-order valence-electron chi connectivity index (χ2n) is 7.86. The van der Waals surface area contributed by atoms with E-state index in [9.17, 15) is 9.59 Å². The van der Waals surface area contributed by atoms with Gasteiger partial charge in [-0.05, 0) is 58.9 Å². The molecule has 0 aromatic heterocycles. The Morgan fingerprint density at radius 1 is 1.12 bits per heavy atom. The summed E-state index contributed by atoms with van der Waals surface area (Å²) in [7, 11) is 1.43. The molecule has 138 valence electrons. The monoisotopic (exact) mass is 347 g/mol. The number of aryl methyl sites for hydroxylation is 1. The Labute approximate surface area is 150 Å². The van der Waals surface area contributed by atoms with Gasteiger partial charge in [0, 0.05) is 6.04 Å². The third kappa shape index (κ3) is 4.74. The highest BCUT2D eigenvalue weighted by molar-refractivity contribution is 5.83.